The van der Waals surface area contributed by atoms with Gasteiger partial charge in [0.15, 0.2) is 0 Å². The standard InChI is InChI=1S/C23H20N2OS2/c1-15-3-12-20-21(13-15)28-23(25-20)17-6-8-18(9-7-17)24-22(26)14-16-4-10-19(27-2)11-5-16/h3-13H,14H2,1-2H3,(H,24,26). The summed E-state index contributed by atoms with van der Waals surface area (Å²) in [5, 5.41) is 3.96. The lowest BCUT2D eigenvalue weighted by atomic mass is 10.1. The van der Waals surface area contributed by atoms with Crippen LogP contribution in [0.15, 0.2) is 71.6 Å². The summed E-state index contributed by atoms with van der Waals surface area (Å²) in [5.41, 5.74) is 5.13. The van der Waals surface area contributed by atoms with Gasteiger partial charge in [-0.25, -0.2) is 4.98 Å². The molecule has 0 saturated heterocycles. The van der Waals surface area contributed by atoms with Gasteiger partial charge in [-0.1, -0.05) is 18.2 Å². The molecule has 1 N–H and O–H groups in total. The highest BCUT2D eigenvalue weighted by Gasteiger charge is 2.08. The lowest BCUT2D eigenvalue weighted by Crippen LogP contribution is -2.14. The fourth-order valence-electron chi connectivity index (χ4n) is 2.99. The second-order valence-corrected chi connectivity index (χ2v) is 8.55. The van der Waals surface area contributed by atoms with Crippen LogP contribution in [0.4, 0.5) is 5.69 Å². The van der Waals surface area contributed by atoms with Crippen molar-refractivity contribution in [2.45, 2.75) is 18.2 Å². The molecule has 0 saturated carbocycles. The first kappa shape index (κ1) is 18.7. The van der Waals surface area contributed by atoms with Crippen LogP contribution < -0.4 is 5.32 Å². The van der Waals surface area contributed by atoms with Gasteiger partial charge in [-0.05, 0) is 72.8 Å². The maximum atomic E-state index is 12.3. The summed E-state index contributed by atoms with van der Waals surface area (Å²) in [6.07, 6.45) is 2.41. The van der Waals surface area contributed by atoms with Crippen molar-refractivity contribution in [2.75, 3.05) is 11.6 Å². The number of carbonyl (C=O) groups excluding carboxylic acids is 1. The van der Waals surface area contributed by atoms with E-state index in [-0.39, 0.29) is 5.91 Å². The van der Waals surface area contributed by atoms with E-state index >= 15 is 0 Å². The Balaban J connectivity index is 1.44. The molecular formula is C23H20N2OS2. The molecule has 5 heteroatoms. The largest absolute Gasteiger partial charge is 0.326 e. The highest BCUT2D eigenvalue weighted by molar-refractivity contribution is 7.98. The summed E-state index contributed by atoms with van der Waals surface area (Å²) in [5.74, 6) is -0.0138. The Morgan fingerprint density at radius 2 is 1.79 bits per heavy atom. The first-order valence-corrected chi connectivity index (χ1v) is 11.1. The maximum absolute atomic E-state index is 12.3. The van der Waals surface area contributed by atoms with Gasteiger partial charge in [0, 0.05) is 16.1 Å². The second kappa shape index (κ2) is 8.17. The van der Waals surface area contributed by atoms with Crippen LogP contribution in [0.5, 0.6) is 0 Å². The van der Waals surface area contributed by atoms with Crippen molar-refractivity contribution in [3.8, 4) is 10.6 Å². The molecule has 4 rings (SSSR count). The number of nitrogens with zero attached hydrogens (tertiary/aromatic N) is 1. The summed E-state index contributed by atoms with van der Waals surface area (Å²) < 4.78 is 1.19. The van der Waals surface area contributed by atoms with Crippen molar-refractivity contribution >= 4 is 44.9 Å². The number of thioether (sulfide) groups is 1. The monoisotopic (exact) mass is 404 g/mol. The van der Waals surface area contributed by atoms with Crippen LogP contribution in [0, 0.1) is 6.92 Å². The number of hydrogen-bond donors (Lipinski definition) is 1. The van der Waals surface area contributed by atoms with E-state index in [1.165, 1.54) is 15.2 Å². The van der Waals surface area contributed by atoms with Crippen molar-refractivity contribution in [1.82, 2.24) is 4.98 Å². The number of carbonyl (C=O) groups is 1. The Morgan fingerprint density at radius 1 is 1.04 bits per heavy atom. The van der Waals surface area contributed by atoms with E-state index in [1.54, 1.807) is 23.1 Å². The fraction of sp³-hybridized carbons (Fsp3) is 0.130. The first-order chi connectivity index (χ1) is 13.6. The average molecular weight is 405 g/mol. The van der Waals surface area contributed by atoms with Gasteiger partial charge in [0.25, 0.3) is 0 Å². The van der Waals surface area contributed by atoms with Crippen LogP contribution in [-0.2, 0) is 11.2 Å². The topological polar surface area (TPSA) is 42.0 Å². The highest BCUT2D eigenvalue weighted by atomic mass is 32.2. The van der Waals surface area contributed by atoms with Crippen molar-refractivity contribution in [1.29, 1.82) is 0 Å². The molecule has 1 amide bonds. The van der Waals surface area contributed by atoms with Crippen LogP contribution in [0.2, 0.25) is 0 Å². The van der Waals surface area contributed by atoms with E-state index in [9.17, 15) is 4.79 Å². The third-order valence-electron chi connectivity index (χ3n) is 4.48. The van der Waals surface area contributed by atoms with Crippen LogP contribution in [0.25, 0.3) is 20.8 Å². The van der Waals surface area contributed by atoms with E-state index in [0.717, 1.165) is 27.3 Å². The quantitative estimate of drug-likeness (QED) is 0.404. The summed E-state index contributed by atoms with van der Waals surface area (Å²) in [7, 11) is 0. The predicted molar refractivity (Wildman–Crippen MR) is 120 cm³/mol. The maximum Gasteiger partial charge on any atom is 0.228 e. The molecule has 1 heterocycles. The number of hydrogen-bond acceptors (Lipinski definition) is 4. The number of thiazole rings is 1. The molecule has 0 atom stereocenters. The van der Waals surface area contributed by atoms with E-state index in [1.807, 2.05) is 54.8 Å². The minimum absolute atomic E-state index is 0.0138. The molecule has 4 aromatic rings. The first-order valence-electron chi connectivity index (χ1n) is 9.01. The normalized spacial score (nSPS) is 10.9. The lowest BCUT2D eigenvalue weighted by Gasteiger charge is -2.06. The molecule has 28 heavy (non-hydrogen) atoms. The van der Waals surface area contributed by atoms with Gasteiger partial charge in [0.2, 0.25) is 5.91 Å². The molecule has 0 spiro atoms. The van der Waals surface area contributed by atoms with E-state index in [2.05, 4.69) is 30.4 Å². The minimum atomic E-state index is -0.0138. The SMILES string of the molecule is CSc1ccc(CC(=O)Nc2ccc(-c3nc4ccc(C)cc4s3)cc2)cc1. The Bertz CT molecular complexity index is 1120. The highest BCUT2D eigenvalue weighted by Crippen LogP contribution is 2.31. The molecular weight excluding hydrogens is 384 g/mol. The predicted octanol–water partition coefficient (Wildman–Crippen LogP) is 6.17. The van der Waals surface area contributed by atoms with E-state index in [4.69, 9.17) is 4.98 Å². The number of aromatic nitrogens is 1. The van der Waals surface area contributed by atoms with Gasteiger partial charge >= 0.3 is 0 Å². The third kappa shape index (κ3) is 4.26. The Morgan fingerprint density at radius 3 is 2.50 bits per heavy atom. The van der Waals surface area contributed by atoms with E-state index in [0.29, 0.717) is 6.42 Å². The molecule has 3 nitrogen and oxygen atoms in total. The number of fused-ring (bicyclic) bond motifs is 1. The molecule has 0 aliphatic rings. The van der Waals surface area contributed by atoms with Crippen molar-refractivity contribution in [2.24, 2.45) is 0 Å². The molecule has 0 fully saturated rings. The molecule has 140 valence electrons. The molecule has 0 unspecified atom stereocenters. The molecule has 0 aliphatic heterocycles. The third-order valence-corrected chi connectivity index (χ3v) is 6.29. The summed E-state index contributed by atoms with van der Waals surface area (Å²) in [6.45, 7) is 2.09. The van der Waals surface area contributed by atoms with Crippen LogP contribution in [0.3, 0.4) is 0 Å². The number of nitrogens with one attached hydrogen (secondary N) is 1. The van der Waals surface area contributed by atoms with Gasteiger partial charge in [-0.2, -0.15) is 0 Å². The van der Waals surface area contributed by atoms with Crippen LogP contribution in [0.1, 0.15) is 11.1 Å². The van der Waals surface area contributed by atoms with Gasteiger partial charge < -0.3 is 5.32 Å². The Kier molecular flexibility index (Phi) is 5.46. The number of aryl methyl sites for hydroxylation is 1. The zero-order valence-electron chi connectivity index (χ0n) is 15.7. The van der Waals surface area contributed by atoms with Crippen LogP contribution in [-0.4, -0.2) is 17.1 Å². The number of anilines is 1. The summed E-state index contributed by atoms with van der Waals surface area (Å²) >= 11 is 3.38. The van der Waals surface area contributed by atoms with Gasteiger partial charge in [0.1, 0.15) is 5.01 Å². The average Bonchev–Trinajstić information content (AvgIpc) is 3.12. The molecule has 0 bridgehead atoms. The van der Waals surface area contributed by atoms with Crippen molar-refractivity contribution in [3.63, 3.8) is 0 Å². The van der Waals surface area contributed by atoms with Gasteiger partial charge in [0.05, 0.1) is 16.6 Å². The van der Waals surface area contributed by atoms with Crippen LogP contribution >= 0.6 is 23.1 Å². The number of amides is 1. The second-order valence-electron chi connectivity index (χ2n) is 6.64. The van der Waals surface area contributed by atoms with E-state index < -0.39 is 0 Å². The minimum Gasteiger partial charge on any atom is -0.326 e. The number of benzene rings is 3. The molecule has 3 aromatic carbocycles. The van der Waals surface area contributed by atoms with Crippen molar-refractivity contribution < 1.29 is 4.79 Å². The Labute approximate surface area is 172 Å². The van der Waals surface area contributed by atoms with Gasteiger partial charge in [-0.3, -0.25) is 4.79 Å². The molecule has 0 radical (unpaired) electrons. The number of rotatable bonds is 5. The summed E-state index contributed by atoms with van der Waals surface area (Å²) in [6, 6.07) is 22.3. The zero-order valence-corrected chi connectivity index (χ0v) is 17.4. The molecule has 0 aliphatic carbocycles. The zero-order chi connectivity index (χ0) is 19.5. The molecule has 1 aromatic heterocycles. The smallest absolute Gasteiger partial charge is 0.228 e. The fourth-order valence-corrected chi connectivity index (χ4v) is 4.46. The van der Waals surface area contributed by atoms with Gasteiger partial charge in [-0.15, -0.1) is 23.1 Å². The van der Waals surface area contributed by atoms with Crippen molar-refractivity contribution in [3.05, 3.63) is 77.9 Å². The summed E-state index contributed by atoms with van der Waals surface area (Å²) in [4.78, 5) is 18.2. The lowest BCUT2D eigenvalue weighted by molar-refractivity contribution is -0.115. The Hall–Kier alpha value is -2.63.